The maximum Gasteiger partial charge on any atom is 0.164 e. The molecule has 1 rings (SSSR count). The van der Waals surface area contributed by atoms with Crippen LogP contribution in [0.3, 0.4) is 0 Å². The van der Waals surface area contributed by atoms with Crippen LogP contribution in [0, 0.1) is 0 Å². The van der Waals surface area contributed by atoms with E-state index in [1.807, 2.05) is 6.92 Å². The van der Waals surface area contributed by atoms with Gasteiger partial charge in [-0.1, -0.05) is 109 Å². The minimum absolute atomic E-state index is 0.0254. The van der Waals surface area contributed by atoms with Crippen LogP contribution in [0.5, 0.6) is 0 Å². The van der Waals surface area contributed by atoms with Crippen LogP contribution in [0.2, 0.25) is 0 Å². The topological polar surface area (TPSA) is 63.3 Å². The lowest BCUT2D eigenvalue weighted by atomic mass is 9.84. The summed E-state index contributed by atoms with van der Waals surface area (Å²) in [7, 11) is 0. The van der Waals surface area contributed by atoms with Crippen LogP contribution >= 0.6 is 0 Å². The van der Waals surface area contributed by atoms with Crippen LogP contribution in [0.4, 0.5) is 0 Å². The van der Waals surface area contributed by atoms with Gasteiger partial charge in [0.1, 0.15) is 5.60 Å². The molecule has 0 spiro atoms. The van der Waals surface area contributed by atoms with Crippen molar-refractivity contribution in [3.63, 3.8) is 0 Å². The summed E-state index contributed by atoms with van der Waals surface area (Å²) in [5.74, 6) is 0.0254. The van der Waals surface area contributed by atoms with Gasteiger partial charge in [-0.3, -0.25) is 4.79 Å². The second-order valence-electron chi connectivity index (χ2n) is 9.38. The van der Waals surface area contributed by atoms with E-state index >= 15 is 0 Å². The van der Waals surface area contributed by atoms with Crippen LogP contribution < -0.4 is 5.73 Å². The Kier molecular flexibility index (Phi) is 15.6. The van der Waals surface area contributed by atoms with Crippen LogP contribution in [-0.2, 0) is 17.6 Å². The molecule has 0 radical (unpaired) electrons. The summed E-state index contributed by atoms with van der Waals surface area (Å²) in [5.41, 5.74) is 6.68. The molecule has 0 aromatic heterocycles. The van der Waals surface area contributed by atoms with Crippen molar-refractivity contribution in [2.75, 3.05) is 6.54 Å². The molecule has 1 atom stereocenters. The Balaban J connectivity index is 2.31. The minimum Gasteiger partial charge on any atom is -0.382 e. The molecular weight excluding hydrogens is 382 g/mol. The molecule has 0 fully saturated rings. The molecule has 0 aliphatic heterocycles. The average Bonchev–Trinajstić information content (AvgIpc) is 2.77. The first-order valence-electron chi connectivity index (χ1n) is 13.1. The molecule has 1 unspecified atom stereocenters. The van der Waals surface area contributed by atoms with Crippen molar-refractivity contribution in [1.29, 1.82) is 0 Å². The number of rotatable bonds is 20. The quantitative estimate of drug-likeness (QED) is 0.220. The van der Waals surface area contributed by atoms with E-state index in [1.54, 1.807) is 0 Å². The summed E-state index contributed by atoms with van der Waals surface area (Å²) in [6, 6.07) is 8.32. The molecule has 0 aliphatic carbocycles. The number of aliphatic hydroxyl groups is 1. The zero-order valence-electron chi connectivity index (χ0n) is 20.5. The molecular formula is C28H49NO2. The number of hydrogen-bond acceptors (Lipinski definition) is 3. The Morgan fingerprint density at radius 2 is 1.29 bits per heavy atom. The first-order valence-corrected chi connectivity index (χ1v) is 13.1. The number of benzene rings is 1. The Labute approximate surface area is 192 Å². The Morgan fingerprint density at radius 1 is 0.774 bits per heavy atom. The number of Topliss-reactive ketones (excluding diaryl/α,β-unsaturated/α-hetero) is 1. The normalized spacial score (nSPS) is 13.3. The van der Waals surface area contributed by atoms with Gasteiger partial charge < -0.3 is 10.8 Å². The molecule has 3 N–H and O–H groups in total. The molecule has 0 aliphatic rings. The fourth-order valence-electron chi connectivity index (χ4n) is 4.39. The molecule has 0 heterocycles. The maximum atomic E-state index is 12.9. The highest BCUT2D eigenvalue weighted by Crippen LogP contribution is 2.24. The zero-order chi connectivity index (χ0) is 22.8. The van der Waals surface area contributed by atoms with E-state index < -0.39 is 5.60 Å². The van der Waals surface area contributed by atoms with Gasteiger partial charge in [0, 0.05) is 12.8 Å². The monoisotopic (exact) mass is 431 g/mol. The van der Waals surface area contributed by atoms with Crippen LogP contribution in [0.1, 0.15) is 121 Å². The summed E-state index contributed by atoms with van der Waals surface area (Å²) in [6.07, 6.45) is 18.2. The van der Waals surface area contributed by atoms with Crippen molar-refractivity contribution in [2.24, 2.45) is 5.73 Å². The van der Waals surface area contributed by atoms with E-state index in [-0.39, 0.29) is 5.78 Å². The Morgan fingerprint density at radius 3 is 1.81 bits per heavy atom. The first-order chi connectivity index (χ1) is 15.1. The van der Waals surface area contributed by atoms with E-state index in [0.29, 0.717) is 25.8 Å². The summed E-state index contributed by atoms with van der Waals surface area (Å²) in [5, 5.41) is 11.1. The fourth-order valence-corrected chi connectivity index (χ4v) is 4.39. The van der Waals surface area contributed by atoms with Crippen molar-refractivity contribution in [1.82, 2.24) is 0 Å². The highest BCUT2D eigenvalue weighted by atomic mass is 16.3. The van der Waals surface area contributed by atoms with Crippen molar-refractivity contribution in [3.05, 3.63) is 35.4 Å². The lowest BCUT2D eigenvalue weighted by Gasteiger charge is -2.27. The maximum absolute atomic E-state index is 12.9. The SMILES string of the molecule is CCCCCCCCCCCCCC(=O)C(O)(CCC)Cc1ccc(CCCN)cc1. The molecule has 31 heavy (non-hydrogen) atoms. The zero-order valence-corrected chi connectivity index (χ0v) is 20.5. The summed E-state index contributed by atoms with van der Waals surface area (Å²) in [6.45, 7) is 5.00. The minimum atomic E-state index is -1.22. The number of nitrogens with two attached hydrogens (primary N) is 1. The molecule has 3 heteroatoms. The van der Waals surface area contributed by atoms with Gasteiger partial charge in [-0.25, -0.2) is 0 Å². The second kappa shape index (κ2) is 17.4. The lowest BCUT2D eigenvalue weighted by molar-refractivity contribution is -0.138. The fraction of sp³-hybridized carbons (Fsp3) is 0.750. The number of ketones is 1. The largest absolute Gasteiger partial charge is 0.382 e. The molecule has 0 amide bonds. The average molecular weight is 432 g/mol. The third-order valence-corrected chi connectivity index (χ3v) is 6.38. The standard InChI is InChI=1S/C28H49NO2/c1-3-5-6-7-8-9-10-11-12-13-14-17-27(30)28(31,22-4-2)24-26-20-18-25(19-21-26)16-15-23-29/h18-21,31H,3-17,22-24,29H2,1-2H3. The van der Waals surface area contributed by atoms with Crippen molar-refractivity contribution >= 4 is 5.78 Å². The van der Waals surface area contributed by atoms with E-state index in [0.717, 1.165) is 37.7 Å². The number of aryl methyl sites for hydroxylation is 1. The van der Waals surface area contributed by atoms with E-state index in [9.17, 15) is 9.90 Å². The van der Waals surface area contributed by atoms with Gasteiger partial charge in [-0.15, -0.1) is 0 Å². The molecule has 1 aromatic carbocycles. The van der Waals surface area contributed by atoms with Gasteiger partial charge in [-0.05, 0) is 43.4 Å². The third kappa shape index (κ3) is 12.4. The molecule has 178 valence electrons. The molecule has 0 saturated carbocycles. The van der Waals surface area contributed by atoms with Gasteiger partial charge in [0.2, 0.25) is 0 Å². The van der Waals surface area contributed by atoms with Crippen molar-refractivity contribution in [2.45, 2.75) is 129 Å². The van der Waals surface area contributed by atoms with Gasteiger partial charge in [0.15, 0.2) is 5.78 Å². The molecule has 3 nitrogen and oxygen atoms in total. The van der Waals surface area contributed by atoms with Crippen LogP contribution in [0.25, 0.3) is 0 Å². The number of unbranched alkanes of at least 4 members (excludes halogenated alkanes) is 10. The number of carbonyl (C=O) groups is 1. The van der Waals surface area contributed by atoms with Crippen LogP contribution in [-0.4, -0.2) is 23.0 Å². The summed E-state index contributed by atoms with van der Waals surface area (Å²) < 4.78 is 0. The first kappa shape index (κ1) is 27.8. The predicted molar refractivity (Wildman–Crippen MR) is 133 cm³/mol. The lowest BCUT2D eigenvalue weighted by Crippen LogP contribution is -2.40. The van der Waals surface area contributed by atoms with Gasteiger partial charge >= 0.3 is 0 Å². The van der Waals surface area contributed by atoms with Gasteiger partial charge in [0.25, 0.3) is 0 Å². The molecule has 1 aromatic rings. The van der Waals surface area contributed by atoms with E-state index in [2.05, 4.69) is 31.2 Å². The highest BCUT2D eigenvalue weighted by molar-refractivity contribution is 5.87. The van der Waals surface area contributed by atoms with E-state index in [1.165, 1.54) is 63.4 Å². The highest BCUT2D eigenvalue weighted by Gasteiger charge is 2.34. The smallest absolute Gasteiger partial charge is 0.164 e. The van der Waals surface area contributed by atoms with Crippen molar-refractivity contribution in [3.8, 4) is 0 Å². The Bertz CT molecular complexity index is 569. The second-order valence-corrected chi connectivity index (χ2v) is 9.38. The van der Waals surface area contributed by atoms with Crippen molar-refractivity contribution < 1.29 is 9.90 Å². The van der Waals surface area contributed by atoms with Crippen LogP contribution in [0.15, 0.2) is 24.3 Å². The van der Waals surface area contributed by atoms with E-state index in [4.69, 9.17) is 5.73 Å². The predicted octanol–water partition coefficient (Wildman–Crippen LogP) is 6.92. The summed E-state index contributed by atoms with van der Waals surface area (Å²) in [4.78, 5) is 12.9. The molecule has 0 bridgehead atoms. The Hall–Kier alpha value is -1.19. The number of carbonyl (C=O) groups excluding carboxylic acids is 1. The molecule has 0 saturated heterocycles. The van der Waals surface area contributed by atoms with Gasteiger partial charge in [-0.2, -0.15) is 0 Å². The van der Waals surface area contributed by atoms with Gasteiger partial charge in [0.05, 0.1) is 0 Å². The number of hydrogen-bond donors (Lipinski definition) is 2. The summed E-state index contributed by atoms with van der Waals surface area (Å²) >= 11 is 0. The third-order valence-electron chi connectivity index (χ3n) is 6.38.